The van der Waals surface area contributed by atoms with E-state index >= 15 is 0 Å². The van der Waals surface area contributed by atoms with Crippen molar-refractivity contribution in [1.29, 1.82) is 0 Å². The molecule has 1 amide bonds. The van der Waals surface area contributed by atoms with Crippen molar-refractivity contribution < 1.29 is 14.3 Å². The molecule has 1 aliphatic heterocycles. The lowest BCUT2D eigenvalue weighted by Gasteiger charge is -2.14. The maximum atomic E-state index is 12.7. The minimum atomic E-state index is -0.0458. The monoisotopic (exact) mass is 411 g/mol. The van der Waals surface area contributed by atoms with E-state index in [1.807, 2.05) is 54.6 Å². The van der Waals surface area contributed by atoms with Crippen molar-refractivity contribution in [1.82, 2.24) is 4.90 Å². The van der Waals surface area contributed by atoms with Gasteiger partial charge in [0.25, 0.3) is 5.91 Å². The molecule has 1 aliphatic rings. The molecule has 0 aliphatic carbocycles. The maximum absolute atomic E-state index is 12.7. The van der Waals surface area contributed by atoms with Crippen LogP contribution >= 0.6 is 24.0 Å². The highest BCUT2D eigenvalue weighted by Crippen LogP contribution is 2.33. The third-order valence-electron chi connectivity index (χ3n) is 4.20. The molecule has 1 heterocycles. The largest absolute Gasteiger partial charge is 0.497 e. The van der Waals surface area contributed by atoms with E-state index in [2.05, 4.69) is 6.58 Å². The van der Waals surface area contributed by atoms with Crippen LogP contribution in [-0.4, -0.2) is 35.4 Å². The molecular formula is C22H21NO3S2. The summed E-state index contributed by atoms with van der Waals surface area (Å²) in [6.07, 6.45) is 4.30. The smallest absolute Gasteiger partial charge is 0.266 e. The molecule has 0 saturated carbocycles. The molecule has 28 heavy (non-hydrogen) atoms. The minimum Gasteiger partial charge on any atom is -0.497 e. The Morgan fingerprint density at radius 2 is 1.79 bits per heavy atom. The summed E-state index contributed by atoms with van der Waals surface area (Å²) in [4.78, 5) is 15.0. The predicted molar refractivity (Wildman–Crippen MR) is 119 cm³/mol. The molecule has 4 nitrogen and oxygen atoms in total. The number of thiocarbonyl (C=S) groups is 1. The van der Waals surface area contributed by atoms with Gasteiger partial charge in [-0.2, -0.15) is 0 Å². The first-order valence-electron chi connectivity index (χ1n) is 8.83. The zero-order valence-corrected chi connectivity index (χ0v) is 17.2. The number of hydrogen-bond donors (Lipinski definition) is 0. The number of ether oxygens (including phenoxy) is 2. The average molecular weight is 412 g/mol. The number of thioether (sulfide) groups is 1. The second-order valence-electron chi connectivity index (χ2n) is 6.10. The van der Waals surface area contributed by atoms with Crippen LogP contribution in [0, 0.1) is 0 Å². The van der Waals surface area contributed by atoms with Crippen molar-refractivity contribution in [3.8, 4) is 11.5 Å². The Morgan fingerprint density at radius 3 is 2.43 bits per heavy atom. The molecule has 0 unspecified atom stereocenters. The topological polar surface area (TPSA) is 38.8 Å². The van der Waals surface area contributed by atoms with Crippen LogP contribution in [0.4, 0.5) is 0 Å². The Kier molecular flexibility index (Phi) is 6.90. The summed E-state index contributed by atoms with van der Waals surface area (Å²) in [6.45, 7) is 4.65. The summed E-state index contributed by atoms with van der Waals surface area (Å²) < 4.78 is 11.2. The standard InChI is InChI=1S/C22H21NO3S2/c1-3-14-26-19-10-6-17(7-11-19)15-20-21(24)23(22(27)28-20)13-12-16-4-8-18(25-2)9-5-16/h3-11,15H,1,12-14H2,2H3/b20-15-. The van der Waals surface area contributed by atoms with Crippen molar-refractivity contribution in [2.24, 2.45) is 0 Å². The lowest BCUT2D eigenvalue weighted by atomic mass is 10.1. The van der Waals surface area contributed by atoms with Crippen LogP contribution in [0.25, 0.3) is 6.08 Å². The molecule has 2 aromatic rings. The van der Waals surface area contributed by atoms with Crippen molar-refractivity contribution in [3.05, 3.63) is 77.2 Å². The first-order valence-corrected chi connectivity index (χ1v) is 10.0. The molecule has 3 rings (SSSR count). The Labute approximate surface area is 174 Å². The summed E-state index contributed by atoms with van der Waals surface area (Å²) >= 11 is 6.75. The summed E-state index contributed by atoms with van der Waals surface area (Å²) in [5.41, 5.74) is 2.07. The fraction of sp³-hybridized carbons (Fsp3) is 0.182. The van der Waals surface area contributed by atoms with Gasteiger partial charge in [0.15, 0.2) is 0 Å². The molecule has 1 saturated heterocycles. The van der Waals surface area contributed by atoms with Gasteiger partial charge in [-0.1, -0.05) is 60.9 Å². The molecule has 0 bridgehead atoms. The fourth-order valence-electron chi connectivity index (χ4n) is 2.69. The Bertz CT molecular complexity index is 889. The molecule has 0 atom stereocenters. The fourth-order valence-corrected chi connectivity index (χ4v) is 4.00. The van der Waals surface area contributed by atoms with Crippen LogP contribution in [0.15, 0.2) is 66.1 Å². The van der Waals surface area contributed by atoms with E-state index in [9.17, 15) is 4.79 Å². The van der Waals surface area contributed by atoms with Gasteiger partial charge in [-0.25, -0.2) is 0 Å². The highest BCUT2D eigenvalue weighted by molar-refractivity contribution is 8.26. The second kappa shape index (κ2) is 9.57. The zero-order valence-electron chi connectivity index (χ0n) is 15.6. The number of amides is 1. The van der Waals surface area contributed by atoms with E-state index in [-0.39, 0.29) is 5.91 Å². The predicted octanol–water partition coefficient (Wildman–Crippen LogP) is 4.70. The summed E-state index contributed by atoms with van der Waals surface area (Å²) in [5.74, 6) is 1.54. The van der Waals surface area contributed by atoms with E-state index in [1.165, 1.54) is 11.8 Å². The number of methoxy groups -OCH3 is 1. The highest BCUT2D eigenvalue weighted by Gasteiger charge is 2.31. The van der Waals surface area contributed by atoms with Gasteiger partial charge in [-0.3, -0.25) is 9.69 Å². The molecule has 0 aromatic heterocycles. The normalized spacial score (nSPS) is 15.2. The van der Waals surface area contributed by atoms with Gasteiger partial charge < -0.3 is 9.47 Å². The molecule has 0 radical (unpaired) electrons. The number of benzene rings is 2. The van der Waals surface area contributed by atoms with Crippen molar-refractivity contribution >= 4 is 40.3 Å². The summed E-state index contributed by atoms with van der Waals surface area (Å²) in [6, 6.07) is 15.4. The first kappa shape index (κ1) is 20.2. The molecule has 2 aromatic carbocycles. The summed E-state index contributed by atoms with van der Waals surface area (Å²) in [5, 5.41) is 0. The van der Waals surface area contributed by atoms with E-state index in [1.54, 1.807) is 18.1 Å². The third kappa shape index (κ3) is 5.03. The number of carbonyl (C=O) groups is 1. The van der Waals surface area contributed by atoms with Crippen LogP contribution in [0.1, 0.15) is 11.1 Å². The average Bonchev–Trinajstić information content (AvgIpc) is 2.99. The molecule has 144 valence electrons. The van der Waals surface area contributed by atoms with E-state index < -0.39 is 0 Å². The quantitative estimate of drug-likeness (QED) is 0.358. The molecule has 6 heteroatoms. The van der Waals surface area contributed by atoms with Crippen LogP contribution < -0.4 is 9.47 Å². The van der Waals surface area contributed by atoms with Crippen molar-refractivity contribution in [2.75, 3.05) is 20.3 Å². The van der Waals surface area contributed by atoms with E-state index in [0.29, 0.717) is 22.4 Å². The highest BCUT2D eigenvalue weighted by atomic mass is 32.2. The van der Waals surface area contributed by atoms with Gasteiger partial charge in [0, 0.05) is 6.54 Å². The van der Waals surface area contributed by atoms with E-state index in [4.69, 9.17) is 21.7 Å². The molecule has 0 spiro atoms. The number of carbonyl (C=O) groups excluding carboxylic acids is 1. The van der Waals surface area contributed by atoms with Gasteiger partial charge in [-0.15, -0.1) is 0 Å². The van der Waals surface area contributed by atoms with Crippen LogP contribution in [-0.2, 0) is 11.2 Å². The zero-order chi connectivity index (χ0) is 19.9. The third-order valence-corrected chi connectivity index (χ3v) is 5.58. The Balaban J connectivity index is 1.63. The molecular weight excluding hydrogens is 390 g/mol. The Morgan fingerprint density at radius 1 is 1.11 bits per heavy atom. The number of hydrogen-bond acceptors (Lipinski definition) is 5. The first-order chi connectivity index (χ1) is 13.6. The van der Waals surface area contributed by atoms with Crippen molar-refractivity contribution in [3.63, 3.8) is 0 Å². The SMILES string of the molecule is C=CCOc1ccc(/C=C2\SC(=S)N(CCc3ccc(OC)cc3)C2=O)cc1. The minimum absolute atomic E-state index is 0.0458. The van der Waals surface area contributed by atoms with Crippen LogP contribution in [0.5, 0.6) is 11.5 Å². The van der Waals surface area contributed by atoms with Gasteiger partial charge in [0.2, 0.25) is 0 Å². The lowest BCUT2D eigenvalue weighted by molar-refractivity contribution is -0.122. The number of rotatable bonds is 8. The maximum Gasteiger partial charge on any atom is 0.266 e. The molecule has 0 N–H and O–H groups in total. The van der Waals surface area contributed by atoms with Gasteiger partial charge in [0.05, 0.1) is 12.0 Å². The van der Waals surface area contributed by atoms with E-state index in [0.717, 1.165) is 29.0 Å². The van der Waals surface area contributed by atoms with Crippen LogP contribution in [0.3, 0.4) is 0 Å². The summed E-state index contributed by atoms with van der Waals surface area (Å²) in [7, 11) is 1.64. The lowest BCUT2D eigenvalue weighted by Crippen LogP contribution is -2.30. The van der Waals surface area contributed by atoms with Crippen molar-refractivity contribution in [2.45, 2.75) is 6.42 Å². The molecule has 1 fully saturated rings. The number of nitrogens with zero attached hydrogens (tertiary/aromatic N) is 1. The Hall–Kier alpha value is -2.57. The van der Waals surface area contributed by atoms with Gasteiger partial charge in [0.1, 0.15) is 22.4 Å². The van der Waals surface area contributed by atoms with Gasteiger partial charge >= 0.3 is 0 Å². The van der Waals surface area contributed by atoms with Crippen LogP contribution in [0.2, 0.25) is 0 Å². The second-order valence-corrected chi connectivity index (χ2v) is 7.78. The van der Waals surface area contributed by atoms with Gasteiger partial charge in [-0.05, 0) is 47.9 Å².